The monoisotopic (exact) mass is 305 g/mol. The summed E-state index contributed by atoms with van der Waals surface area (Å²) in [4.78, 5) is 9.02. The average molecular weight is 305 g/mol. The van der Waals surface area contributed by atoms with Gasteiger partial charge >= 0.3 is 0 Å². The van der Waals surface area contributed by atoms with Crippen molar-refractivity contribution in [3.8, 4) is 17.0 Å². The second-order valence-electron chi connectivity index (χ2n) is 5.38. The predicted molar refractivity (Wildman–Crippen MR) is 93.2 cm³/mol. The van der Waals surface area contributed by atoms with Crippen LogP contribution in [-0.4, -0.2) is 17.1 Å². The lowest BCUT2D eigenvalue weighted by Crippen LogP contribution is -2.00. The van der Waals surface area contributed by atoms with E-state index in [2.05, 4.69) is 40.4 Å². The Labute approximate surface area is 136 Å². The number of para-hydroxylation sites is 2. The molecule has 0 fully saturated rings. The van der Waals surface area contributed by atoms with Gasteiger partial charge < -0.3 is 10.1 Å². The number of aromatic nitrogens is 2. The van der Waals surface area contributed by atoms with Crippen LogP contribution in [0.25, 0.3) is 11.3 Å². The van der Waals surface area contributed by atoms with Crippen molar-refractivity contribution in [1.82, 2.24) is 9.97 Å². The molecule has 0 saturated carbocycles. The van der Waals surface area contributed by atoms with E-state index in [4.69, 9.17) is 4.74 Å². The zero-order valence-electron chi connectivity index (χ0n) is 13.5. The van der Waals surface area contributed by atoms with Crippen molar-refractivity contribution < 1.29 is 4.74 Å². The van der Waals surface area contributed by atoms with Crippen LogP contribution in [0.2, 0.25) is 0 Å². The minimum Gasteiger partial charge on any atom is -0.495 e. The maximum atomic E-state index is 5.37. The van der Waals surface area contributed by atoms with Crippen LogP contribution >= 0.6 is 0 Å². The number of hydrogen-bond donors (Lipinski definition) is 1. The fourth-order valence-corrected chi connectivity index (χ4v) is 2.47. The lowest BCUT2D eigenvalue weighted by Gasteiger charge is -2.12. The van der Waals surface area contributed by atoms with Crippen molar-refractivity contribution in [3.05, 3.63) is 66.0 Å². The number of nitrogens with zero attached hydrogens (tertiary/aromatic N) is 2. The molecule has 3 aromatic rings. The standard InChI is InChI=1S/C19H19N3O/c1-13-7-6-8-15(11-13)17-12-19(21-14(2)20-17)22-16-9-4-5-10-18(16)23-3/h4-12H,1-3H3,(H,20,21,22). The third kappa shape index (κ3) is 3.48. The van der Waals surface area contributed by atoms with Gasteiger partial charge in [0.05, 0.1) is 18.5 Å². The molecule has 0 radical (unpaired) electrons. The number of rotatable bonds is 4. The van der Waals surface area contributed by atoms with E-state index < -0.39 is 0 Å². The topological polar surface area (TPSA) is 47.0 Å². The van der Waals surface area contributed by atoms with E-state index in [-0.39, 0.29) is 0 Å². The third-order valence-electron chi connectivity index (χ3n) is 3.52. The van der Waals surface area contributed by atoms with Crippen LogP contribution in [0.4, 0.5) is 11.5 Å². The van der Waals surface area contributed by atoms with Gasteiger partial charge in [0.15, 0.2) is 0 Å². The Morgan fingerprint density at radius 1 is 0.913 bits per heavy atom. The van der Waals surface area contributed by atoms with Crippen molar-refractivity contribution in [3.63, 3.8) is 0 Å². The molecule has 116 valence electrons. The van der Waals surface area contributed by atoms with E-state index in [1.54, 1.807) is 7.11 Å². The average Bonchev–Trinajstić information content (AvgIpc) is 2.55. The number of benzene rings is 2. The van der Waals surface area contributed by atoms with Crippen molar-refractivity contribution >= 4 is 11.5 Å². The minimum atomic E-state index is 0.724. The highest BCUT2D eigenvalue weighted by molar-refractivity contribution is 5.68. The molecule has 1 N–H and O–H groups in total. The SMILES string of the molecule is COc1ccccc1Nc1cc(-c2cccc(C)c2)nc(C)n1. The Bertz CT molecular complexity index is 830. The van der Waals surface area contributed by atoms with Crippen molar-refractivity contribution in [1.29, 1.82) is 0 Å². The summed E-state index contributed by atoms with van der Waals surface area (Å²) >= 11 is 0. The molecule has 0 aliphatic heterocycles. The van der Waals surface area contributed by atoms with Gasteiger partial charge in [-0.05, 0) is 32.0 Å². The normalized spacial score (nSPS) is 10.4. The number of hydrogen-bond acceptors (Lipinski definition) is 4. The molecule has 23 heavy (non-hydrogen) atoms. The molecule has 0 spiro atoms. The Morgan fingerprint density at radius 3 is 2.52 bits per heavy atom. The molecule has 0 unspecified atom stereocenters. The van der Waals surface area contributed by atoms with Gasteiger partial charge in [0.1, 0.15) is 17.4 Å². The molecule has 0 aliphatic rings. The Hall–Kier alpha value is -2.88. The van der Waals surface area contributed by atoms with Gasteiger partial charge in [-0.1, -0.05) is 35.9 Å². The molecule has 3 rings (SSSR count). The quantitative estimate of drug-likeness (QED) is 0.770. The largest absolute Gasteiger partial charge is 0.495 e. The van der Waals surface area contributed by atoms with Gasteiger partial charge in [-0.25, -0.2) is 9.97 Å². The summed E-state index contributed by atoms with van der Waals surface area (Å²) < 4.78 is 5.37. The first-order chi connectivity index (χ1) is 11.2. The molecule has 1 heterocycles. The lowest BCUT2D eigenvalue weighted by atomic mass is 10.1. The van der Waals surface area contributed by atoms with Crippen LogP contribution in [0.5, 0.6) is 5.75 Å². The van der Waals surface area contributed by atoms with Crippen LogP contribution in [0.1, 0.15) is 11.4 Å². The lowest BCUT2D eigenvalue weighted by molar-refractivity contribution is 0.417. The van der Waals surface area contributed by atoms with Crippen molar-refractivity contribution in [2.45, 2.75) is 13.8 Å². The van der Waals surface area contributed by atoms with Gasteiger partial charge in [-0.15, -0.1) is 0 Å². The van der Waals surface area contributed by atoms with E-state index in [0.29, 0.717) is 0 Å². The Balaban J connectivity index is 1.98. The number of nitrogens with one attached hydrogen (secondary N) is 1. The molecule has 0 aliphatic carbocycles. The summed E-state index contributed by atoms with van der Waals surface area (Å²) in [5.74, 6) is 2.25. The van der Waals surface area contributed by atoms with Crippen LogP contribution in [0.3, 0.4) is 0 Å². The third-order valence-corrected chi connectivity index (χ3v) is 3.52. The van der Waals surface area contributed by atoms with Crippen LogP contribution in [0, 0.1) is 13.8 Å². The molecule has 0 amide bonds. The molecule has 2 aromatic carbocycles. The van der Waals surface area contributed by atoms with Gasteiger partial charge in [-0.3, -0.25) is 0 Å². The highest BCUT2D eigenvalue weighted by Crippen LogP contribution is 2.28. The first-order valence-electron chi connectivity index (χ1n) is 7.48. The highest BCUT2D eigenvalue weighted by atomic mass is 16.5. The number of aryl methyl sites for hydroxylation is 2. The fraction of sp³-hybridized carbons (Fsp3) is 0.158. The maximum absolute atomic E-state index is 5.37. The van der Waals surface area contributed by atoms with Gasteiger partial charge in [0.2, 0.25) is 0 Å². The first kappa shape index (κ1) is 15.0. The summed E-state index contributed by atoms with van der Waals surface area (Å²) in [6, 6.07) is 18.0. The second kappa shape index (κ2) is 6.48. The van der Waals surface area contributed by atoms with Crippen molar-refractivity contribution in [2.24, 2.45) is 0 Å². The van der Waals surface area contributed by atoms with Gasteiger partial charge in [0.25, 0.3) is 0 Å². The molecule has 0 saturated heterocycles. The zero-order valence-corrected chi connectivity index (χ0v) is 13.5. The number of anilines is 2. The Kier molecular flexibility index (Phi) is 4.24. The fourth-order valence-electron chi connectivity index (χ4n) is 2.47. The van der Waals surface area contributed by atoms with Crippen LogP contribution in [-0.2, 0) is 0 Å². The van der Waals surface area contributed by atoms with E-state index in [1.807, 2.05) is 43.3 Å². The molecule has 0 atom stereocenters. The summed E-state index contributed by atoms with van der Waals surface area (Å²) in [7, 11) is 1.66. The molecule has 0 bridgehead atoms. The molecule has 4 nitrogen and oxygen atoms in total. The van der Waals surface area contributed by atoms with Gasteiger partial charge in [0, 0.05) is 11.6 Å². The molecule has 4 heteroatoms. The van der Waals surface area contributed by atoms with Gasteiger partial charge in [-0.2, -0.15) is 0 Å². The number of methoxy groups -OCH3 is 1. The summed E-state index contributed by atoms with van der Waals surface area (Å²) in [5, 5.41) is 3.31. The van der Waals surface area contributed by atoms with E-state index in [9.17, 15) is 0 Å². The van der Waals surface area contributed by atoms with Crippen LogP contribution < -0.4 is 10.1 Å². The van der Waals surface area contributed by atoms with E-state index >= 15 is 0 Å². The first-order valence-corrected chi connectivity index (χ1v) is 7.48. The zero-order chi connectivity index (χ0) is 16.2. The highest BCUT2D eigenvalue weighted by Gasteiger charge is 2.07. The number of ether oxygens (including phenoxy) is 1. The molecular weight excluding hydrogens is 286 g/mol. The minimum absolute atomic E-state index is 0.724. The van der Waals surface area contributed by atoms with Crippen molar-refractivity contribution in [2.75, 3.05) is 12.4 Å². The summed E-state index contributed by atoms with van der Waals surface area (Å²) in [5.41, 5.74) is 4.07. The smallest absolute Gasteiger partial charge is 0.142 e. The summed E-state index contributed by atoms with van der Waals surface area (Å²) in [6.45, 7) is 3.97. The maximum Gasteiger partial charge on any atom is 0.142 e. The van der Waals surface area contributed by atoms with Crippen LogP contribution in [0.15, 0.2) is 54.6 Å². The molecule has 1 aromatic heterocycles. The Morgan fingerprint density at radius 2 is 1.74 bits per heavy atom. The summed E-state index contributed by atoms with van der Waals surface area (Å²) in [6.07, 6.45) is 0. The second-order valence-corrected chi connectivity index (χ2v) is 5.38. The molecular formula is C19H19N3O. The predicted octanol–water partition coefficient (Wildman–Crippen LogP) is 4.51. The van der Waals surface area contributed by atoms with E-state index in [1.165, 1.54) is 5.56 Å². The van der Waals surface area contributed by atoms with E-state index in [0.717, 1.165) is 34.3 Å².